The van der Waals surface area contributed by atoms with Crippen LogP contribution in [0.15, 0.2) is 77.3 Å². The summed E-state index contributed by atoms with van der Waals surface area (Å²) in [6.45, 7) is 0.850. The molecule has 5 heteroatoms. The van der Waals surface area contributed by atoms with Crippen LogP contribution in [0, 0.1) is 5.82 Å². The third-order valence-corrected chi connectivity index (χ3v) is 6.32. The molecule has 0 aromatic heterocycles. The van der Waals surface area contributed by atoms with Crippen LogP contribution < -0.4 is 4.90 Å². The molecule has 0 unspecified atom stereocenters. The average Bonchev–Trinajstić information content (AvgIpc) is 2.78. The van der Waals surface area contributed by atoms with Crippen molar-refractivity contribution in [1.29, 1.82) is 0 Å². The average molecular weight is 476 g/mol. The number of hydrogen-bond donors (Lipinski definition) is 1. The largest absolute Gasteiger partial charge is 0.478 e. The molecule has 0 spiro atoms. The molecular weight excluding hydrogens is 457 g/mol. The van der Waals surface area contributed by atoms with Crippen LogP contribution in [0.4, 0.5) is 15.8 Å². The minimum Gasteiger partial charge on any atom is -0.478 e. The van der Waals surface area contributed by atoms with Gasteiger partial charge in [0.2, 0.25) is 0 Å². The lowest BCUT2D eigenvalue weighted by Gasteiger charge is -2.34. The smallest absolute Gasteiger partial charge is 0.335 e. The van der Waals surface area contributed by atoms with Gasteiger partial charge in [-0.3, -0.25) is 0 Å². The molecule has 1 heterocycles. The second kappa shape index (κ2) is 7.82. The van der Waals surface area contributed by atoms with Crippen molar-refractivity contribution in [2.45, 2.75) is 12.8 Å². The van der Waals surface area contributed by atoms with Crippen LogP contribution in [0.2, 0.25) is 0 Å². The highest BCUT2D eigenvalue weighted by atomic mass is 79.9. The Labute approximate surface area is 187 Å². The molecule has 1 N–H and O–H groups in total. The zero-order valence-electron chi connectivity index (χ0n) is 16.6. The van der Waals surface area contributed by atoms with Crippen molar-refractivity contribution in [3.63, 3.8) is 0 Å². The molecule has 0 bridgehead atoms. The van der Waals surface area contributed by atoms with Crippen LogP contribution >= 0.6 is 15.9 Å². The highest BCUT2D eigenvalue weighted by Gasteiger charge is 2.23. The van der Waals surface area contributed by atoms with E-state index in [1.807, 2.05) is 24.3 Å². The zero-order chi connectivity index (χ0) is 21.5. The Balaban J connectivity index is 1.79. The van der Waals surface area contributed by atoms with Gasteiger partial charge in [-0.2, -0.15) is 0 Å². The molecule has 1 aliphatic rings. The van der Waals surface area contributed by atoms with Gasteiger partial charge in [0.15, 0.2) is 0 Å². The van der Waals surface area contributed by atoms with Gasteiger partial charge in [0.1, 0.15) is 5.82 Å². The van der Waals surface area contributed by atoms with Gasteiger partial charge in [-0.05, 0) is 71.8 Å². The lowest BCUT2D eigenvalue weighted by Crippen LogP contribution is -2.25. The van der Waals surface area contributed by atoms with Crippen LogP contribution in [0.5, 0.6) is 0 Å². The van der Waals surface area contributed by atoms with Crippen LogP contribution in [0.1, 0.15) is 22.3 Å². The second-order valence-corrected chi connectivity index (χ2v) is 8.65. The number of carboxylic acids is 1. The van der Waals surface area contributed by atoms with Gasteiger partial charge in [0, 0.05) is 27.7 Å². The Morgan fingerprint density at radius 2 is 1.77 bits per heavy atom. The van der Waals surface area contributed by atoms with Gasteiger partial charge < -0.3 is 10.0 Å². The summed E-state index contributed by atoms with van der Waals surface area (Å²) in [5.74, 6) is -1.22. The predicted octanol–water partition coefficient (Wildman–Crippen LogP) is 7.19. The van der Waals surface area contributed by atoms with Crippen molar-refractivity contribution in [2.24, 2.45) is 0 Å². The number of carbonyl (C=O) groups is 1. The van der Waals surface area contributed by atoms with E-state index < -0.39 is 5.97 Å². The molecule has 0 radical (unpaired) electrons. The molecular formula is C26H19BrFNO2. The standard InChI is InChI=1S/C26H19BrFNO2/c27-20-7-12-24-18(15-20)2-1-13-29(24)25-22(16-3-8-21(28)9-4-16)10-5-17-14-19(26(30)31)6-11-23(17)25/h3-12,14-15H,1-2,13H2,(H,30,31). The van der Waals surface area contributed by atoms with E-state index in [0.29, 0.717) is 0 Å². The summed E-state index contributed by atoms with van der Waals surface area (Å²) in [6.07, 6.45) is 2.01. The summed E-state index contributed by atoms with van der Waals surface area (Å²) in [6, 6.07) is 22.0. The number of anilines is 2. The summed E-state index contributed by atoms with van der Waals surface area (Å²) in [5, 5.41) is 11.3. The molecule has 0 aliphatic carbocycles. The Hall–Kier alpha value is -3.18. The van der Waals surface area contributed by atoms with E-state index in [-0.39, 0.29) is 11.4 Å². The maximum Gasteiger partial charge on any atom is 0.335 e. The lowest BCUT2D eigenvalue weighted by molar-refractivity contribution is 0.0697. The van der Waals surface area contributed by atoms with Crippen LogP contribution in [-0.4, -0.2) is 17.6 Å². The molecule has 4 aromatic rings. The monoisotopic (exact) mass is 475 g/mol. The number of fused-ring (bicyclic) bond motifs is 2. The third-order valence-electron chi connectivity index (χ3n) is 5.82. The van der Waals surface area contributed by atoms with Gasteiger partial charge in [-0.25, -0.2) is 9.18 Å². The summed E-state index contributed by atoms with van der Waals surface area (Å²) < 4.78 is 14.6. The topological polar surface area (TPSA) is 40.5 Å². The summed E-state index contributed by atoms with van der Waals surface area (Å²) >= 11 is 3.58. The molecule has 31 heavy (non-hydrogen) atoms. The molecule has 0 fully saturated rings. The first kappa shape index (κ1) is 19.8. The van der Waals surface area contributed by atoms with E-state index in [4.69, 9.17) is 0 Å². The summed E-state index contributed by atoms with van der Waals surface area (Å²) in [4.78, 5) is 13.8. The Morgan fingerprint density at radius 3 is 2.55 bits per heavy atom. The van der Waals surface area contributed by atoms with E-state index in [1.165, 1.54) is 17.7 Å². The molecule has 5 rings (SSSR count). The number of rotatable bonds is 3. The molecule has 3 nitrogen and oxygen atoms in total. The van der Waals surface area contributed by atoms with Gasteiger partial charge in [0.05, 0.1) is 11.3 Å². The van der Waals surface area contributed by atoms with E-state index in [2.05, 4.69) is 33.0 Å². The van der Waals surface area contributed by atoms with Gasteiger partial charge >= 0.3 is 5.97 Å². The van der Waals surface area contributed by atoms with Crippen molar-refractivity contribution in [2.75, 3.05) is 11.4 Å². The van der Waals surface area contributed by atoms with Gasteiger partial charge in [-0.1, -0.05) is 46.3 Å². The molecule has 0 atom stereocenters. The molecule has 0 saturated carbocycles. The number of halogens is 2. The van der Waals surface area contributed by atoms with E-state index in [1.54, 1.807) is 24.3 Å². The molecule has 1 aliphatic heterocycles. The highest BCUT2D eigenvalue weighted by molar-refractivity contribution is 9.10. The van der Waals surface area contributed by atoms with Crippen molar-refractivity contribution in [3.8, 4) is 11.1 Å². The minimum atomic E-state index is -0.945. The Bertz CT molecular complexity index is 1320. The first-order valence-electron chi connectivity index (χ1n) is 10.1. The van der Waals surface area contributed by atoms with E-state index in [9.17, 15) is 14.3 Å². The third kappa shape index (κ3) is 3.59. The molecule has 154 valence electrons. The van der Waals surface area contributed by atoms with E-state index in [0.717, 1.165) is 57.1 Å². The summed E-state index contributed by atoms with van der Waals surface area (Å²) in [5.41, 5.74) is 5.61. The number of hydrogen-bond acceptors (Lipinski definition) is 2. The molecule has 0 amide bonds. The Morgan fingerprint density at radius 1 is 0.968 bits per heavy atom. The summed E-state index contributed by atoms with van der Waals surface area (Å²) in [7, 11) is 0. The number of carboxylic acid groups (broad SMARTS) is 1. The first-order chi connectivity index (χ1) is 15.0. The fourth-order valence-electron chi connectivity index (χ4n) is 4.40. The van der Waals surface area contributed by atoms with Crippen LogP contribution in [0.25, 0.3) is 21.9 Å². The van der Waals surface area contributed by atoms with E-state index >= 15 is 0 Å². The number of aryl methyl sites for hydroxylation is 1. The number of benzene rings is 4. The highest BCUT2D eigenvalue weighted by Crippen LogP contribution is 2.44. The van der Waals surface area contributed by atoms with Crippen LogP contribution in [-0.2, 0) is 6.42 Å². The maximum atomic E-state index is 13.6. The van der Waals surface area contributed by atoms with Gasteiger partial charge in [-0.15, -0.1) is 0 Å². The van der Waals surface area contributed by atoms with Crippen molar-refractivity contribution >= 4 is 44.0 Å². The SMILES string of the molecule is O=C(O)c1ccc2c(N3CCCc4cc(Br)ccc43)c(-c3ccc(F)cc3)ccc2c1. The van der Waals surface area contributed by atoms with Crippen LogP contribution in [0.3, 0.4) is 0 Å². The fourth-order valence-corrected chi connectivity index (χ4v) is 4.81. The quantitative estimate of drug-likeness (QED) is 0.340. The van der Waals surface area contributed by atoms with Crippen molar-refractivity contribution in [3.05, 3.63) is 94.2 Å². The zero-order valence-corrected chi connectivity index (χ0v) is 18.2. The first-order valence-corrected chi connectivity index (χ1v) is 10.9. The minimum absolute atomic E-state index is 0.260. The second-order valence-electron chi connectivity index (χ2n) is 7.74. The lowest BCUT2D eigenvalue weighted by atomic mass is 9.93. The van der Waals surface area contributed by atoms with Crippen molar-refractivity contribution < 1.29 is 14.3 Å². The number of aromatic carboxylic acids is 1. The maximum absolute atomic E-state index is 13.6. The Kier molecular flexibility index (Phi) is 4.98. The fraction of sp³-hybridized carbons (Fsp3) is 0.115. The normalized spacial score (nSPS) is 13.3. The van der Waals surface area contributed by atoms with Gasteiger partial charge in [0.25, 0.3) is 0 Å². The molecule has 0 saturated heterocycles. The molecule has 4 aromatic carbocycles. The number of nitrogens with zero attached hydrogens (tertiary/aromatic N) is 1. The van der Waals surface area contributed by atoms with Crippen molar-refractivity contribution in [1.82, 2.24) is 0 Å². The predicted molar refractivity (Wildman–Crippen MR) is 126 cm³/mol.